The van der Waals surface area contributed by atoms with E-state index >= 15 is 0 Å². The average molecular weight is 406 g/mol. The number of nitrogens with zero attached hydrogens (tertiary/aromatic N) is 1. The largest absolute Gasteiger partial charge is 0.392 e. The zero-order valence-electron chi connectivity index (χ0n) is 15.6. The number of Topliss-reactive ketones (excluding diaryl/α,β-unsaturated/α-hetero) is 2. The summed E-state index contributed by atoms with van der Waals surface area (Å²) in [6.07, 6.45) is 0. The molecule has 3 aromatic carbocycles. The fourth-order valence-corrected chi connectivity index (χ4v) is 3.33. The van der Waals surface area contributed by atoms with E-state index in [9.17, 15) is 23.5 Å². The molecule has 0 bridgehead atoms. The van der Waals surface area contributed by atoms with E-state index in [0.29, 0.717) is 22.7 Å². The lowest BCUT2D eigenvalue weighted by Gasteiger charge is -2.14. The fraction of sp³-hybridized carbons (Fsp3) is 0.0870. The first kappa shape index (κ1) is 19.6. The van der Waals surface area contributed by atoms with Crippen molar-refractivity contribution >= 4 is 22.6 Å². The highest BCUT2D eigenvalue weighted by atomic mass is 19.1. The molecule has 0 amide bonds. The summed E-state index contributed by atoms with van der Waals surface area (Å²) in [5.74, 6) is -4.59. The van der Waals surface area contributed by atoms with E-state index in [2.05, 4.69) is 9.97 Å². The third-order valence-electron chi connectivity index (χ3n) is 4.75. The molecule has 0 spiro atoms. The van der Waals surface area contributed by atoms with Gasteiger partial charge in [-0.05, 0) is 35.9 Å². The van der Waals surface area contributed by atoms with E-state index in [0.717, 1.165) is 12.1 Å². The predicted molar refractivity (Wildman–Crippen MR) is 106 cm³/mol. The van der Waals surface area contributed by atoms with Gasteiger partial charge in [-0.2, -0.15) is 0 Å². The standard InChI is InChI=1S/C23H16F2N2O3/c24-16-9-15(10-17(25)11-16)22(30)20(21(29)14-5-3-4-13(8-14)12-28)23-26-18-6-1-2-7-19(18)27-23/h1-11,20,28H,12H2,(H,26,27). The highest BCUT2D eigenvalue weighted by Crippen LogP contribution is 2.27. The molecule has 0 aliphatic rings. The first-order valence-electron chi connectivity index (χ1n) is 9.15. The van der Waals surface area contributed by atoms with Crippen molar-refractivity contribution in [3.63, 3.8) is 0 Å². The van der Waals surface area contributed by atoms with Gasteiger partial charge in [-0.25, -0.2) is 13.8 Å². The number of halogens is 2. The molecule has 0 aliphatic heterocycles. The molecule has 7 heteroatoms. The van der Waals surface area contributed by atoms with E-state index < -0.39 is 29.1 Å². The topological polar surface area (TPSA) is 83.1 Å². The number of nitrogens with one attached hydrogen (secondary N) is 1. The monoisotopic (exact) mass is 406 g/mol. The smallest absolute Gasteiger partial charge is 0.181 e. The van der Waals surface area contributed by atoms with Gasteiger partial charge in [-0.1, -0.05) is 30.3 Å². The van der Waals surface area contributed by atoms with Gasteiger partial charge >= 0.3 is 0 Å². The van der Waals surface area contributed by atoms with Gasteiger partial charge in [0, 0.05) is 17.2 Å². The molecule has 30 heavy (non-hydrogen) atoms. The highest BCUT2D eigenvalue weighted by Gasteiger charge is 2.33. The maximum atomic E-state index is 13.7. The Kier molecular flexibility index (Phi) is 5.20. The minimum absolute atomic E-state index is 0.0743. The van der Waals surface area contributed by atoms with Gasteiger partial charge in [-0.15, -0.1) is 0 Å². The van der Waals surface area contributed by atoms with Crippen LogP contribution in [-0.4, -0.2) is 26.6 Å². The minimum atomic E-state index is -1.44. The van der Waals surface area contributed by atoms with Crippen LogP contribution in [0.15, 0.2) is 66.7 Å². The summed E-state index contributed by atoms with van der Waals surface area (Å²) < 4.78 is 27.4. The number of aliphatic hydroxyl groups excluding tert-OH is 1. The molecule has 4 aromatic rings. The van der Waals surface area contributed by atoms with Crippen molar-refractivity contribution < 1.29 is 23.5 Å². The van der Waals surface area contributed by atoms with Crippen molar-refractivity contribution in [3.8, 4) is 0 Å². The van der Waals surface area contributed by atoms with Crippen LogP contribution in [0, 0.1) is 11.6 Å². The second-order valence-corrected chi connectivity index (χ2v) is 6.82. The Morgan fingerprint density at radius 1 is 0.900 bits per heavy atom. The fourth-order valence-electron chi connectivity index (χ4n) is 3.33. The van der Waals surface area contributed by atoms with Gasteiger partial charge in [0.15, 0.2) is 11.6 Å². The average Bonchev–Trinajstić information content (AvgIpc) is 3.16. The number of aromatic nitrogens is 2. The van der Waals surface area contributed by atoms with E-state index in [1.807, 2.05) is 0 Å². The number of fused-ring (bicyclic) bond motifs is 1. The van der Waals surface area contributed by atoms with Crippen molar-refractivity contribution in [2.24, 2.45) is 0 Å². The Balaban J connectivity index is 1.85. The second-order valence-electron chi connectivity index (χ2n) is 6.82. The molecule has 0 fully saturated rings. The molecule has 0 saturated carbocycles. The Hall–Kier alpha value is -3.71. The number of hydrogen-bond acceptors (Lipinski definition) is 4. The molecule has 0 radical (unpaired) electrons. The first-order chi connectivity index (χ1) is 14.5. The number of benzene rings is 3. The van der Waals surface area contributed by atoms with Crippen molar-refractivity contribution in [1.82, 2.24) is 9.97 Å². The quantitative estimate of drug-likeness (QED) is 0.372. The molecule has 2 N–H and O–H groups in total. The number of hydrogen-bond donors (Lipinski definition) is 2. The molecule has 0 saturated heterocycles. The zero-order valence-corrected chi connectivity index (χ0v) is 15.6. The number of carbonyl (C=O) groups excluding carboxylic acids is 2. The number of carbonyl (C=O) groups is 2. The van der Waals surface area contributed by atoms with Crippen LogP contribution in [0.3, 0.4) is 0 Å². The van der Waals surface area contributed by atoms with Crippen LogP contribution in [-0.2, 0) is 6.61 Å². The summed E-state index contributed by atoms with van der Waals surface area (Å²) in [7, 11) is 0. The lowest BCUT2D eigenvalue weighted by Crippen LogP contribution is -2.24. The summed E-state index contributed by atoms with van der Waals surface area (Å²) in [4.78, 5) is 33.9. The number of aromatic amines is 1. The van der Waals surface area contributed by atoms with Crippen LogP contribution in [0.4, 0.5) is 8.78 Å². The van der Waals surface area contributed by atoms with Crippen LogP contribution in [0.25, 0.3) is 11.0 Å². The van der Waals surface area contributed by atoms with Crippen molar-refractivity contribution in [2.45, 2.75) is 12.5 Å². The molecular formula is C23H16F2N2O3. The second kappa shape index (κ2) is 7.96. The van der Waals surface area contributed by atoms with E-state index in [1.54, 1.807) is 36.4 Å². The van der Waals surface area contributed by atoms with Crippen molar-refractivity contribution in [2.75, 3.05) is 0 Å². The van der Waals surface area contributed by atoms with Gasteiger partial charge < -0.3 is 10.1 Å². The Morgan fingerprint density at radius 2 is 1.60 bits per heavy atom. The Morgan fingerprint density at radius 3 is 2.30 bits per heavy atom. The van der Waals surface area contributed by atoms with Gasteiger partial charge in [0.1, 0.15) is 23.4 Å². The van der Waals surface area contributed by atoms with Crippen molar-refractivity contribution in [3.05, 3.63) is 101 Å². The maximum Gasteiger partial charge on any atom is 0.181 e. The molecule has 1 aromatic heterocycles. The predicted octanol–water partition coefficient (Wildman–Crippen LogP) is 4.18. The molecule has 5 nitrogen and oxygen atoms in total. The molecular weight excluding hydrogens is 390 g/mol. The third-order valence-corrected chi connectivity index (χ3v) is 4.75. The van der Waals surface area contributed by atoms with Crippen molar-refractivity contribution in [1.29, 1.82) is 0 Å². The summed E-state index contributed by atoms with van der Waals surface area (Å²) in [5.41, 5.74) is 1.57. The maximum absolute atomic E-state index is 13.7. The summed E-state index contributed by atoms with van der Waals surface area (Å²) >= 11 is 0. The number of imidazole rings is 1. The van der Waals surface area contributed by atoms with Crippen LogP contribution in [0.5, 0.6) is 0 Å². The minimum Gasteiger partial charge on any atom is -0.392 e. The van der Waals surface area contributed by atoms with E-state index in [4.69, 9.17) is 0 Å². The molecule has 4 rings (SSSR count). The molecule has 150 valence electrons. The summed E-state index contributed by atoms with van der Waals surface area (Å²) in [5, 5.41) is 9.36. The number of aliphatic hydroxyl groups is 1. The van der Waals surface area contributed by atoms with Gasteiger partial charge in [0.05, 0.1) is 17.6 Å². The van der Waals surface area contributed by atoms with Crippen LogP contribution in [0.2, 0.25) is 0 Å². The normalized spacial score (nSPS) is 12.1. The third kappa shape index (κ3) is 3.75. The molecule has 1 atom stereocenters. The zero-order chi connectivity index (χ0) is 21.3. The molecule has 0 aliphatic carbocycles. The van der Waals surface area contributed by atoms with E-state index in [-0.39, 0.29) is 23.6 Å². The van der Waals surface area contributed by atoms with Crippen LogP contribution >= 0.6 is 0 Å². The summed E-state index contributed by atoms with van der Waals surface area (Å²) in [6.45, 7) is -0.278. The van der Waals surface area contributed by atoms with Gasteiger partial charge in [0.25, 0.3) is 0 Å². The highest BCUT2D eigenvalue weighted by molar-refractivity contribution is 6.19. The number of ketones is 2. The lowest BCUT2D eigenvalue weighted by atomic mass is 9.88. The van der Waals surface area contributed by atoms with E-state index in [1.165, 1.54) is 12.1 Å². The van der Waals surface area contributed by atoms with Gasteiger partial charge in [-0.3, -0.25) is 9.59 Å². The van der Waals surface area contributed by atoms with Crippen LogP contribution < -0.4 is 0 Å². The summed E-state index contributed by atoms with van der Waals surface area (Å²) in [6, 6.07) is 15.6. The Bertz CT molecular complexity index is 1210. The molecule has 1 unspecified atom stereocenters. The Labute approximate surface area is 170 Å². The van der Waals surface area contributed by atoms with Gasteiger partial charge in [0.2, 0.25) is 0 Å². The first-order valence-corrected chi connectivity index (χ1v) is 9.15. The number of rotatable bonds is 6. The lowest BCUT2D eigenvalue weighted by molar-refractivity contribution is 0.0855. The van der Waals surface area contributed by atoms with Crippen LogP contribution in [0.1, 0.15) is 38.0 Å². The SMILES string of the molecule is O=C(c1cc(F)cc(F)c1)C(C(=O)c1cccc(CO)c1)c1nc2ccccc2[nH]1. The number of para-hydroxylation sites is 2. The number of H-pyrrole nitrogens is 1. The molecule has 1 heterocycles.